The van der Waals surface area contributed by atoms with Gasteiger partial charge in [-0.15, -0.1) is 11.3 Å². The Hall–Kier alpha value is -2.95. The minimum Gasteiger partial charge on any atom is -0.491 e. The number of ether oxygens (including phenoxy) is 1. The molecule has 3 aromatic carbocycles. The zero-order valence-corrected chi connectivity index (χ0v) is 16.5. The van der Waals surface area contributed by atoms with Crippen LogP contribution in [0, 0.1) is 0 Å². The highest BCUT2D eigenvalue weighted by molar-refractivity contribution is 7.12. The van der Waals surface area contributed by atoms with Gasteiger partial charge in [-0.25, -0.2) is 0 Å². The molecule has 4 aromatic rings. The fraction of sp³-hybridized carbons (Fsp3) is 0.125. The van der Waals surface area contributed by atoms with E-state index in [1.54, 1.807) is 0 Å². The van der Waals surface area contributed by atoms with Gasteiger partial charge in [0, 0.05) is 6.54 Å². The van der Waals surface area contributed by atoms with Crippen LogP contribution in [-0.4, -0.2) is 26.0 Å². The normalized spacial score (nSPS) is 10.9. The van der Waals surface area contributed by atoms with E-state index in [1.807, 2.05) is 54.9 Å². The molecule has 0 unspecified atom stereocenters. The summed E-state index contributed by atoms with van der Waals surface area (Å²) < 4.78 is 5.88. The van der Waals surface area contributed by atoms with E-state index in [9.17, 15) is 4.79 Å². The fourth-order valence-electron chi connectivity index (χ4n) is 3.19. The predicted octanol–water partition coefficient (Wildman–Crippen LogP) is 5.40. The Labute approximate surface area is 168 Å². The van der Waals surface area contributed by atoms with Crippen molar-refractivity contribution < 1.29 is 9.53 Å². The average Bonchev–Trinajstić information content (AvgIpc) is 3.28. The van der Waals surface area contributed by atoms with Gasteiger partial charge in [-0.2, -0.15) is 0 Å². The maximum absolute atomic E-state index is 13.1. The lowest BCUT2D eigenvalue weighted by molar-refractivity contribution is 0.103. The van der Waals surface area contributed by atoms with E-state index in [-0.39, 0.29) is 5.78 Å². The molecule has 0 saturated carbocycles. The van der Waals surface area contributed by atoms with Gasteiger partial charge < -0.3 is 10.1 Å². The monoisotopic (exact) mass is 387 g/mol. The Morgan fingerprint density at radius 3 is 2.50 bits per heavy atom. The van der Waals surface area contributed by atoms with Crippen molar-refractivity contribution in [2.45, 2.75) is 0 Å². The van der Waals surface area contributed by atoms with Gasteiger partial charge >= 0.3 is 0 Å². The summed E-state index contributed by atoms with van der Waals surface area (Å²) in [5.41, 5.74) is 2.69. The van der Waals surface area contributed by atoms with E-state index in [2.05, 4.69) is 35.6 Å². The molecule has 0 atom stereocenters. The summed E-state index contributed by atoms with van der Waals surface area (Å²) in [6, 6.07) is 24.3. The highest BCUT2D eigenvalue weighted by atomic mass is 32.1. The molecule has 1 heterocycles. The summed E-state index contributed by atoms with van der Waals surface area (Å²) in [6.07, 6.45) is 0. The Morgan fingerprint density at radius 2 is 1.71 bits per heavy atom. The van der Waals surface area contributed by atoms with Crippen molar-refractivity contribution in [2.24, 2.45) is 0 Å². The standard InChI is InChI=1S/C24H21NO2S/c1-25-12-13-27-22-11-10-20(16-21(22)24(26)23-7-4-14-28-23)19-9-8-17-5-2-3-6-18(17)15-19/h2-11,14-16,25H,12-13H2,1H3. The molecule has 0 saturated heterocycles. The number of thiophene rings is 1. The van der Waals surface area contributed by atoms with Gasteiger partial charge in [0.15, 0.2) is 0 Å². The first-order chi connectivity index (χ1) is 13.8. The first-order valence-corrected chi connectivity index (χ1v) is 10.1. The largest absolute Gasteiger partial charge is 0.491 e. The molecule has 1 aromatic heterocycles. The molecule has 4 rings (SSSR count). The highest BCUT2D eigenvalue weighted by Gasteiger charge is 2.17. The van der Waals surface area contributed by atoms with Crippen molar-refractivity contribution in [1.82, 2.24) is 5.32 Å². The third-order valence-electron chi connectivity index (χ3n) is 4.66. The van der Waals surface area contributed by atoms with Gasteiger partial charge in [0.05, 0.1) is 10.4 Å². The van der Waals surface area contributed by atoms with Crippen LogP contribution in [0.25, 0.3) is 21.9 Å². The molecule has 0 fully saturated rings. The van der Waals surface area contributed by atoms with Gasteiger partial charge in [0.1, 0.15) is 12.4 Å². The number of nitrogens with one attached hydrogen (secondary N) is 1. The topological polar surface area (TPSA) is 38.3 Å². The van der Waals surface area contributed by atoms with Crippen LogP contribution >= 0.6 is 11.3 Å². The van der Waals surface area contributed by atoms with Gasteiger partial charge in [-0.05, 0) is 58.6 Å². The second-order valence-corrected chi connectivity index (χ2v) is 7.48. The summed E-state index contributed by atoms with van der Waals surface area (Å²) in [5.74, 6) is 0.621. The minimum atomic E-state index is -0.00269. The molecule has 1 N–H and O–H groups in total. The van der Waals surface area contributed by atoms with Gasteiger partial charge in [0.2, 0.25) is 5.78 Å². The number of carbonyl (C=O) groups is 1. The van der Waals surface area contributed by atoms with E-state index >= 15 is 0 Å². The van der Waals surface area contributed by atoms with E-state index in [0.29, 0.717) is 22.8 Å². The Kier molecular flexibility index (Phi) is 5.51. The summed E-state index contributed by atoms with van der Waals surface area (Å²) in [6.45, 7) is 1.23. The molecule has 3 nitrogen and oxygen atoms in total. The van der Waals surface area contributed by atoms with E-state index in [1.165, 1.54) is 22.1 Å². The molecule has 0 aliphatic carbocycles. The number of benzene rings is 3. The molecular formula is C24H21NO2S. The first kappa shape index (κ1) is 18.4. The quantitative estimate of drug-likeness (QED) is 0.341. The lowest BCUT2D eigenvalue weighted by Gasteiger charge is -2.13. The summed E-state index contributed by atoms with van der Waals surface area (Å²) in [7, 11) is 1.88. The number of fused-ring (bicyclic) bond motifs is 1. The molecule has 28 heavy (non-hydrogen) atoms. The smallest absolute Gasteiger partial charge is 0.206 e. The highest BCUT2D eigenvalue weighted by Crippen LogP contribution is 2.31. The fourth-order valence-corrected chi connectivity index (χ4v) is 3.86. The number of ketones is 1. The summed E-state index contributed by atoms with van der Waals surface area (Å²) in [5, 5.41) is 7.36. The molecule has 140 valence electrons. The van der Waals surface area contributed by atoms with Crippen LogP contribution in [0.5, 0.6) is 5.75 Å². The summed E-state index contributed by atoms with van der Waals surface area (Å²) in [4.78, 5) is 13.8. The zero-order valence-electron chi connectivity index (χ0n) is 15.6. The van der Waals surface area contributed by atoms with E-state index in [0.717, 1.165) is 17.7 Å². The molecule has 0 aliphatic rings. The Morgan fingerprint density at radius 1 is 0.929 bits per heavy atom. The van der Waals surface area contributed by atoms with Gasteiger partial charge in [-0.1, -0.05) is 48.5 Å². The number of hydrogen-bond donors (Lipinski definition) is 1. The molecule has 0 radical (unpaired) electrons. The first-order valence-electron chi connectivity index (χ1n) is 9.25. The van der Waals surface area contributed by atoms with Crippen LogP contribution in [0.4, 0.5) is 0 Å². The van der Waals surface area contributed by atoms with Crippen LogP contribution in [-0.2, 0) is 0 Å². The van der Waals surface area contributed by atoms with Crippen molar-refractivity contribution in [3.05, 3.63) is 88.6 Å². The second kappa shape index (κ2) is 8.38. The third kappa shape index (κ3) is 3.84. The van der Waals surface area contributed by atoms with Gasteiger partial charge in [-0.3, -0.25) is 4.79 Å². The Balaban J connectivity index is 1.75. The van der Waals surface area contributed by atoms with Crippen molar-refractivity contribution in [1.29, 1.82) is 0 Å². The van der Waals surface area contributed by atoms with Crippen LogP contribution in [0.15, 0.2) is 78.2 Å². The second-order valence-electron chi connectivity index (χ2n) is 6.53. The number of hydrogen-bond acceptors (Lipinski definition) is 4. The van der Waals surface area contributed by atoms with Crippen molar-refractivity contribution >= 4 is 27.9 Å². The van der Waals surface area contributed by atoms with Crippen LogP contribution in [0.1, 0.15) is 15.2 Å². The number of carbonyl (C=O) groups excluding carboxylic acids is 1. The average molecular weight is 388 g/mol. The molecule has 4 heteroatoms. The minimum absolute atomic E-state index is 0.00269. The van der Waals surface area contributed by atoms with Crippen molar-refractivity contribution in [2.75, 3.05) is 20.2 Å². The van der Waals surface area contributed by atoms with E-state index < -0.39 is 0 Å². The van der Waals surface area contributed by atoms with Gasteiger partial charge in [0.25, 0.3) is 0 Å². The zero-order chi connectivity index (χ0) is 19.3. The lowest BCUT2D eigenvalue weighted by atomic mass is 9.97. The SMILES string of the molecule is CNCCOc1ccc(-c2ccc3ccccc3c2)cc1C(=O)c1cccs1. The third-order valence-corrected chi connectivity index (χ3v) is 5.53. The maximum atomic E-state index is 13.1. The predicted molar refractivity (Wildman–Crippen MR) is 117 cm³/mol. The lowest BCUT2D eigenvalue weighted by Crippen LogP contribution is -2.17. The van der Waals surface area contributed by atoms with Crippen LogP contribution in [0.3, 0.4) is 0 Å². The van der Waals surface area contributed by atoms with E-state index in [4.69, 9.17) is 4.74 Å². The number of rotatable bonds is 7. The molecule has 0 aliphatic heterocycles. The van der Waals surface area contributed by atoms with Crippen molar-refractivity contribution in [3.63, 3.8) is 0 Å². The molecular weight excluding hydrogens is 366 g/mol. The number of likely N-dealkylation sites (N-methyl/N-ethyl adjacent to an activating group) is 1. The van der Waals surface area contributed by atoms with Crippen LogP contribution < -0.4 is 10.1 Å². The molecule has 0 bridgehead atoms. The maximum Gasteiger partial charge on any atom is 0.206 e. The van der Waals surface area contributed by atoms with Crippen LogP contribution in [0.2, 0.25) is 0 Å². The molecule has 0 amide bonds. The van der Waals surface area contributed by atoms with Crippen molar-refractivity contribution in [3.8, 4) is 16.9 Å². The molecule has 0 spiro atoms. The Bertz CT molecular complexity index is 1100. The summed E-state index contributed by atoms with van der Waals surface area (Å²) >= 11 is 1.45.